The van der Waals surface area contributed by atoms with Crippen LogP contribution in [0.15, 0.2) is 68.9 Å². The molecular formula is C73H86N9O24+. The number of ketones is 6. The first-order chi connectivity index (χ1) is 49.1. The summed E-state index contributed by atoms with van der Waals surface area (Å²) in [6.45, 7) is 7.84. The van der Waals surface area contributed by atoms with Gasteiger partial charge in [0.1, 0.15) is 74.1 Å². The minimum absolute atomic E-state index is 0. The van der Waals surface area contributed by atoms with Gasteiger partial charge in [-0.1, -0.05) is 0 Å². The van der Waals surface area contributed by atoms with Gasteiger partial charge in [-0.25, -0.2) is 4.79 Å². The molecule has 0 aliphatic heterocycles. The number of aromatic hydroxyl groups is 3. The Labute approximate surface area is 607 Å². The van der Waals surface area contributed by atoms with E-state index in [-0.39, 0.29) is 84.9 Å². The van der Waals surface area contributed by atoms with Crippen LogP contribution in [0.3, 0.4) is 0 Å². The Hall–Kier alpha value is -10.9. The number of nitrogens with zero attached hydrogens (tertiary/aromatic N) is 6. The van der Waals surface area contributed by atoms with Gasteiger partial charge >= 0.3 is 18.7 Å². The first-order valence-electron chi connectivity index (χ1n) is 33.1. The number of carboxylic acids is 1. The van der Waals surface area contributed by atoms with Crippen molar-refractivity contribution < 1.29 is 120 Å². The van der Waals surface area contributed by atoms with Gasteiger partial charge in [0.15, 0.2) is 34.2 Å². The number of Topliss-reactive ketones (excluding diaryl/α,β-unsaturated/α-hetero) is 6. The molecule has 0 heterocycles. The number of aliphatic hydroxyl groups excluding tert-OH is 6. The number of rotatable bonds is 10. The third-order valence-corrected chi connectivity index (χ3v) is 22.1. The zero-order valence-corrected chi connectivity index (χ0v) is 60.4. The number of nitrogens with two attached hydrogens (primary N) is 3. The molecule has 9 aliphatic rings. The van der Waals surface area contributed by atoms with Crippen LogP contribution < -0.4 is 31.9 Å². The second kappa shape index (κ2) is 27.5. The average Bonchev–Trinajstić information content (AvgIpc) is 0.708. The van der Waals surface area contributed by atoms with Crippen LogP contribution in [0.5, 0.6) is 17.2 Å². The second-order valence-electron chi connectivity index (χ2n) is 29.3. The largest absolute Gasteiger partial charge is 1.00 e. The summed E-state index contributed by atoms with van der Waals surface area (Å²) in [7, 11) is 19.9. The van der Waals surface area contributed by atoms with Crippen molar-refractivity contribution in [3.63, 3.8) is 0 Å². The Balaban J connectivity index is 0.000000199. The molecule has 0 spiro atoms. The molecule has 0 bridgehead atoms. The van der Waals surface area contributed by atoms with Crippen molar-refractivity contribution in [1.82, 2.24) is 14.7 Å². The summed E-state index contributed by atoms with van der Waals surface area (Å²) in [4.78, 5) is 138. The number of amides is 3. The fourth-order valence-electron chi connectivity index (χ4n) is 17.5. The third-order valence-electron chi connectivity index (χ3n) is 22.1. The molecule has 3 saturated carbocycles. The third kappa shape index (κ3) is 11.4. The smallest absolute Gasteiger partial charge is 1.00 e. The van der Waals surface area contributed by atoms with Crippen molar-refractivity contribution >= 4 is 92.7 Å². The molecule has 3 amide bonds. The fourth-order valence-corrected chi connectivity index (χ4v) is 17.5. The molecule has 12 rings (SSSR count). The normalized spacial score (nSPS) is 27.7. The number of aliphatic hydroxyl groups is 9. The number of hydrogen-bond acceptors (Lipinski definition) is 28. The van der Waals surface area contributed by atoms with E-state index < -0.39 is 191 Å². The van der Waals surface area contributed by atoms with E-state index in [2.05, 4.69) is 6.65 Å². The monoisotopic (exact) mass is 1470 g/mol. The Bertz CT molecular complexity index is 4520. The minimum atomic E-state index is -2.76. The number of benzene rings is 3. The molecule has 9 aliphatic carbocycles. The molecule has 33 nitrogen and oxygen atoms in total. The van der Waals surface area contributed by atoms with Crippen molar-refractivity contribution in [2.45, 2.75) is 87.3 Å². The van der Waals surface area contributed by atoms with Crippen molar-refractivity contribution in [2.24, 2.45) is 52.7 Å². The summed E-state index contributed by atoms with van der Waals surface area (Å²) < 4.78 is 7.50. The number of phenolic OH excluding ortho intramolecular Hbond substituents is 2. The molecule has 0 saturated heterocycles. The van der Waals surface area contributed by atoms with Gasteiger partial charge in [-0.3, -0.25) is 57.9 Å². The molecule has 12 atom stereocenters. The summed E-state index contributed by atoms with van der Waals surface area (Å²) in [5, 5.41) is 143. The Kier molecular flexibility index (Phi) is 20.6. The molecule has 106 heavy (non-hydrogen) atoms. The van der Waals surface area contributed by atoms with Crippen molar-refractivity contribution in [3.8, 4) is 17.2 Å². The Morgan fingerprint density at radius 1 is 0.434 bits per heavy atom. The molecule has 3 aromatic rings. The van der Waals surface area contributed by atoms with E-state index >= 15 is 0 Å². The summed E-state index contributed by atoms with van der Waals surface area (Å²) in [6.07, 6.45) is 0.655. The Morgan fingerprint density at radius 2 is 0.670 bits per heavy atom. The van der Waals surface area contributed by atoms with E-state index in [1.807, 2.05) is 38.0 Å². The van der Waals surface area contributed by atoms with Crippen molar-refractivity contribution in [2.75, 3.05) is 99.3 Å². The zero-order valence-electron chi connectivity index (χ0n) is 61.4. The van der Waals surface area contributed by atoms with E-state index in [0.717, 1.165) is 11.4 Å². The van der Waals surface area contributed by atoms with Gasteiger partial charge in [0.25, 0.3) is 17.7 Å². The standard InChI is InChI=1S/C24H27N3O9.2C24H29N3O7.CO/c1-26(2)12-7-10(23(34)35)17(28)14-9(12)5-8-6-11-16(27(3)4)19(30)15(22(25)33)21(32)24(11,36)20(31)13(8)18(14)29;2*1-9-6-13(26(2)3)11-7-10-8-12-17(27(4)5)20(30)16(23(25)33)22(32)24(12,34)21(31)14(10)19(29)15(11)18(9)28;1-2/h7-8,11,16,28-29,32,36H,5-6H2,1-4H3,(H2,25,33)(H,34,35);2*6,10,12,17,28-29,32,34H,7-8H2,1-5H3,(H2,25,33);/p+1/t8?,11?,16-,24-;2*10?,12?,17-,24-;/m000./s1. The molecular weight excluding hydrogens is 1390 g/mol. The van der Waals surface area contributed by atoms with Gasteiger partial charge < -0.3 is 98.3 Å². The maximum atomic E-state index is 13.8. The number of aromatic carboxylic acids is 1. The van der Waals surface area contributed by atoms with E-state index in [4.69, 9.17) is 21.9 Å². The molecule has 33 heteroatoms. The van der Waals surface area contributed by atoms with Crippen molar-refractivity contribution in [1.29, 1.82) is 0 Å². The SMILES string of the molecule is CN(C)c1cc(C(=O)O)c(O)c2c1CC1CC3[C@H](N(C)C)C(=O)C(C(N)=O)=C(O)[C@@]3(O)C(=O)C1=C2O.Cc1cc(N(C)C)c2c(c1O)C(O)=C1C(=O)[C@]3(O)C(O)=C(C(N)=O)C(=O)[C@@H](N(C)C)C3CC1C2.Cc1cc(N(C)C)c2c(c1O)C(O)=C1C(=O)[C@]3(O)C(O)=C(C(N)=O)C(=O)[C@@H](N(C)C)C3CC1C2.[C-]#[O+].[H+]. The molecule has 0 radical (unpaired) electrons. The number of phenols is 3. The van der Waals surface area contributed by atoms with Crippen LogP contribution in [-0.4, -0.2) is 259 Å². The van der Waals surface area contributed by atoms with Gasteiger partial charge in [0, 0.05) is 93.8 Å². The van der Waals surface area contributed by atoms with Crippen LogP contribution in [0, 0.1) is 56.0 Å². The number of primary amides is 3. The topological polar surface area (TPSA) is 551 Å². The van der Waals surface area contributed by atoms with Crippen LogP contribution in [-0.2, 0) is 67.1 Å². The summed E-state index contributed by atoms with van der Waals surface area (Å²) in [5.74, 6) is -22.4. The molecule has 3 fully saturated rings. The summed E-state index contributed by atoms with van der Waals surface area (Å²) in [5.41, 5.74) is 8.69. The Morgan fingerprint density at radius 3 is 0.887 bits per heavy atom. The predicted molar refractivity (Wildman–Crippen MR) is 377 cm³/mol. The maximum Gasteiger partial charge on any atom is 1.00 e. The van der Waals surface area contributed by atoms with Crippen molar-refractivity contribution in [3.05, 3.63) is 126 Å². The van der Waals surface area contributed by atoms with Crippen LogP contribution in [0.1, 0.15) is 75.6 Å². The van der Waals surface area contributed by atoms with E-state index in [1.54, 1.807) is 73.2 Å². The second-order valence-corrected chi connectivity index (χ2v) is 29.3. The van der Waals surface area contributed by atoms with E-state index in [9.17, 15) is 114 Å². The van der Waals surface area contributed by atoms with E-state index in [0.29, 0.717) is 33.5 Å². The van der Waals surface area contributed by atoms with Gasteiger partial charge in [0.2, 0.25) is 17.3 Å². The number of carboxylic acid groups (broad SMARTS) is 1. The number of hydrogen-bond donors (Lipinski definition) is 16. The molecule has 3 aromatic carbocycles. The zero-order chi connectivity index (χ0) is 79.9. The van der Waals surface area contributed by atoms with Crippen LogP contribution in [0.25, 0.3) is 17.3 Å². The van der Waals surface area contributed by atoms with E-state index in [1.165, 1.54) is 34.9 Å². The molecule has 19 N–H and O–H groups in total. The first kappa shape index (κ1) is 79.2. The van der Waals surface area contributed by atoms with Gasteiger partial charge in [0.05, 0.1) is 34.8 Å². The quantitative estimate of drug-likeness (QED) is 0.0746. The summed E-state index contributed by atoms with van der Waals surface area (Å²) >= 11 is 0. The van der Waals surface area contributed by atoms with Gasteiger partial charge in [-0.05, 0) is 158 Å². The maximum absolute atomic E-state index is 13.8. The van der Waals surface area contributed by atoms with Crippen LogP contribution in [0.2, 0.25) is 0 Å². The fraction of sp³-hybridized carbons (Fsp3) is 0.438. The predicted octanol–water partition coefficient (Wildman–Crippen LogP) is 0.480. The average molecular weight is 1470 g/mol. The number of fused-ring (bicyclic) bond motifs is 9. The number of likely N-dealkylation sites (N-methyl/N-ethyl adjacent to an activating group) is 3. The molecule has 6 unspecified atom stereocenters. The number of carbonyl (C=O) groups is 10. The minimum Gasteiger partial charge on any atom is 1.00 e. The number of anilines is 3. The molecule has 0 aromatic heterocycles. The number of carbonyl (C=O) groups excluding carboxylic acids is 9. The molecule has 566 valence electrons. The summed E-state index contributed by atoms with van der Waals surface area (Å²) in [6, 6.07) is 1.45. The number of aryl methyl sites for hydroxylation is 2. The first-order valence-corrected chi connectivity index (χ1v) is 33.1. The van der Waals surface area contributed by atoms with Gasteiger partial charge in [-0.15, -0.1) is 0 Å². The van der Waals surface area contributed by atoms with Gasteiger partial charge in [-0.2, -0.15) is 0 Å². The van der Waals surface area contributed by atoms with Crippen LogP contribution >= 0.6 is 0 Å². The van der Waals surface area contributed by atoms with Crippen LogP contribution in [0.4, 0.5) is 17.1 Å².